The zero-order valence-electron chi connectivity index (χ0n) is 27.7. The lowest BCUT2D eigenvalue weighted by Gasteiger charge is -2.26. The first-order valence-corrected chi connectivity index (χ1v) is 17.6. The molecule has 0 aromatic heterocycles. The monoisotopic (exact) mass is 625 g/mol. The van der Waals surface area contributed by atoms with Crippen molar-refractivity contribution in [3.05, 3.63) is 60.8 Å². The minimum absolute atomic E-state index is 0.0543. The van der Waals surface area contributed by atoms with E-state index in [2.05, 4.69) is 67.8 Å². The third kappa shape index (κ3) is 28.7. The van der Waals surface area contributed by atoms with E-state index < -0.39 is 20.0 Å². The molecule has 0 aliphatic carbocycles. The molecule has 3 N–H and O–H groups in total. The predicted molar refractivity (Wildman–Crippen MR) is 180 cm³/mol. The number of allylic oxidation sites excluding steroid dienone is 9. The quantitative estimate of drug-likeness (QED) is 0.0377. The number of aliphatic hydroxyl groups is 1. The molecule has 3 atom stereocenters. The summed E-state index contributed by atoms with van der Waals surface area (Å²) in [6.07, 6.45) is 31.6. The van der Waals surface area contributed by atoms with Gasteiger partial charge in [0.1, 0.15) is 13.2 Å². The van der Waals surface area contributed by atoms with E-state index in [1.165, 1.54) is 19.3 Å². The lowest BCUT2D eigenvalue weighted by molar-refractivity contribution is -0.870. The van der Waals surface area contributed by atoms with Crippen LogP contribution in [0.5, 0.6) is 0 Å². The van der Waals surface area contributed by atoms with Crippen molar-refractivity contribution in [3.8, 4) is 0 Å². The van der Waals surface area contributed by atoms with Crippen molar-refractivity contribution in [3.63, 3.8) is 0 Å². The molecule has 0 saturated carbocycles. The van der Waals surface area contributed by atoms with E-state index in [4.69, 9.17) is 9.05 Å². The zero-order valence-corrected chi connectivity index (χ0v) is 28.6. The highest BCUT2D eigenvalue weighted by Crippen LogP contribution is 2.43. The van der Waals surface area contributed by atoms with Crippen LogP contribution in [0.2, 0.25) is 0 Å². The molecule has 248 valence electrons. The van der Waals surface area contributed by atoms with Crippen molar-refractivity contribution in [2.24, 2.45) is 0 Å². The molecule has 8 nitrogen and oxygen atoms in total. The summed E-state index contributed by atoms with van der Waals surface area (Å²) in [5, 5.41) is 13.6. The summed E-state index contributed by atoms with van der Waals surface area (Å²) in [5.74, 6) is -0.282. The van der Waals surface area contributed by atoms with Gasteiger partial charge in [0.05, 0.1) is 39.9 Å². The molecule has 0 aliphatic rings. The van der Waals surface area contributed by atoms with Gasteiger partial charge in [-0.3, -0.25) is 13.8 Å². The molecular weight excluding hydrogens is 563 g/mol. The summed E-state index contributed by atoms with van der Waals surface area (Å²) >= 11 is 0. The Bertz CT molecular complexity index is 892. The second-order valence-electron chi connectivity index (χ2n) is 11.8. The molecule has 0 saturated heterocycles. The van der Waals surface area contributed by atoms with Crippen molar-refractivity contribution < 1.29 is 32.9 Å². The highest BCUT2D eigenvalue weighted by atomic mass is 31.2. The van der Waals surface area contributed by atoms with Gasteiger partial charge >= 0.3 is 7.82 Å². The number of likely N-dealkylation sites (N-methyl/N-ethyl adjacent to an activating group) is 1. The fourth-order valence-electron chi connectivity index (χ4n) is 3.93. The summed E-state index contributed by atoms with van der Waals surface area (Å²) in [5.41, 5.74) is 0. The number of hydrogen-bond donors (Lipinski definition) is 3. The van der Waals surface area contributed by atoms with Crippen LogP contribution in [0, 0.1) is 0 Å². The van der Waals surface area contributed by atoms with Gasteiger partial charge in [-0.1, -0.05) is 113 Å². The normalized spacial score (nSPS) is 15.8. The highest BCUT2D eigenvalue weighted by molar-refractivity contribution is 7.47. The number of carbonyl (C=O) groups is 1. The average molecular weight is 626 g/mol. The molecule has 0 aromatic carbocycles. The first kappa shape index (κ1) is 41.2. The highest BCUT2D eigenvalue weighted by Gasteiger charge is 2.28. The molecule has 43 heavy (non-hydrogen) atoms. The van der Waals surface area contributed by atoms with E-state index in [1.54, 1.807) is 6.08 Å². The van der Waals surface area contributed by atoms with E-state index in [1.807, 2.05) is 27.2 Å². The molecule has 9 heteroatoms. The molecule has 0 aliphatic heterocycles. The Hall–Kier alpha value is -1.80. The van der Waals surface area contributed by atoms with Crippen LogP contribution in [0.25, 0.3) is 0 Å². The number of amides is 1. The number of quaternary nitrogens is 1. The molecule has 0 spiro atoms. The standard InChI is InChI=1S/C34H61N2O6P/c1-6-8-10-12-14-15-16-17-18-19-20-21-22-24-26-28-34(38)35-32(33(37)27-25-23-13-11-9-7-2)31-42-43(39,40)41-30-29-36(3,4)5/h8,10,14-15,17-18,20-21,24,26,32-33,37H,6-7,9,11-13,16,19,22-23,25,27-31H2,1-5H3,(H-,35,38,39,40)/p+1/b10-8-,15-14-,18-17-,21-20-,26-24-. The Morgan fingerprint density at radius 2 is 1.30 bits per heavy atom. The second-order valence-corrected chi connectivity index (χ2v) is 13.3. The van der Waals surface area contributed by atoms with Crippen LogP contribution in [0.1, 0.15) is 97.3 Å². The average Bonchev–Trinajstić information content (AvgIpc) is 2.94. The maximum absolute atomic E-state index is 12.6. The van der Waals surface area contributed by atoms with Crippen molar-refractivity contribution in [1.82, 2.24) is 5.32 Å². The van der Waals surface area contributed by atoms with E-state index in [0.29, 0.717) is 17.4 Å². The topological polar surface area (TPSA) is 105 Å². The molecule has 0 radical (unpaired) electrons. The SMILES string of the molecule is CC/C=C\C/C=C\C/C=C\C/C=C\C/C=C\CC(=O)NC(COP(=O)(O)OCC[N+](C)(C)C)C(O)CCCCCCCC. The maximum Gasteiger partial charge on any atom is 0.472 e. The molecule has 0 aromatic rings. The van der Waals surface area contributed by atoms with Crippen molar-refractivity contribution >= 4 is 13.7 Å². The number of phosphoric ester groups is 1. The van der Waals surface area contributed by atoms with Crippen LogP contribution in [0.4, 0.5) is 0 Å². The van der Waals surface area contributed by atoms with Gasteiger partial charge in [0.15, 0.2) is 0 Å². The predicted octanol–water partition coefficient (Wildman–Crippen LogP) is 7.56. The van der Waals surface area contributed by atoms with E-state index in [-0.39, 0.29) is 25.5 Å². The number of rotatable bonds is 27. The summed E-state index contributed by atoms with van der Waals surface area (Å²) in [6, 6.07) is -0.812. The second kappa shape index (κ2) is 26.6. The van der Waals surface area contributed by atoms with Gasteiger partial charge in [-0.2, -0.15) is 0 Å². The molecule has 1 amide bonds. The number of hydrogen-bond acceptors (Lipinski definition) is 5. The van der Waals surface area contributed by atoms with Gasteiger partial charge in [-0.05, 0) is 38.5 Å². The van der Waals surface area contributed by atoms with E-state index in [9.17, 15) is 19.4 Å². The summed E-state index contributed by atoms with van der Waals surface area (Å²) in [6.45, 7) is 4.57. The largest absolute Gasteiger partial charge is 0.472 e. The molecule has 0 bridgehead atoms. The van der Waals surface area contributed by atoms with Crippen LogP contribution < -0.4 is 5.32 Å². The van der Waals surface area contributed by atoms with E-state index >= 15 is 0 Å². The number of unbranched alkanes of at least 4 members (excludes halogenated alkanes) is 5. The number of nitrogens with zero attached hydrogens (tertiary/aromatic N) is 1. The fraction of sp³-hybridized carbons (Fsp3) is 0.676. The lowest BCUT2D eigenvalue weighted by Crippen LogP contribution is -2.46. The molecular formula is C34H62N2O6P+. The third-order valence-corrected chi connectivity index (χ3v) is 7.54. The first-order chi connectivity index (χ1) is 20.5. The van der Waals surface area contributed by atoms with Crippen LogP contribution in [-0.4, -0.2) is 73.4 Å². The molecule has 3 unspecified atom stereocenters. The van der Waals surface area contributed by atoms with Gasteiger partial charge in [0, 0.05) is 6.42 Å². The number of phosphoric acid groups is 1. The zero-order chi connectivity index (χ0) is 32.2. The van der Waals surface area contributed by atoms with Gasteiger partial charge < -0.3 is 19.8 Å². The Labute approximate surface area is 262 Å². The Morgan fingerprint density at radius 3 is 1.84 bits per heavy atom. The van der Waals surface area contributed by atoms with Gasteiger partial charge in [0.2, 0.25) is 5.91 Å². The van der Waals surface area contributed by atoms with E-state index in [0.717, 1.165) is 51.4 Å². The Morgan fingerprint density at radius 1 is 0.791 bits per heavy atom. The smallest absolute Gasteiger partial charge is 0.391 e. The number of aliphatic hydroxyl groups excluding tert-OH is 1. The van der Waals surface area contributed by atoms with Gasteiger partial charge in [-0.25, -0.2) is 4.57 Å². The third-order valence-electron chi connectivity index (χ3n) is 6.56. The number of carbonyl (C=O) groups excluding carboxylic acids is 1. The Kier molecular flexibility index (Phi) is 25.5. The molecule has 0 fully saturated rings. The van der Waals surface area contributed by atoms with Gasteiger partial charge in [0.25, 0.3) is 0 Å². The minimum atomic E-state index is -4.32. The van der Waals surface area contributed by atoms with Crippen molar-refractivity contribution in [2.45, 2.75) is 109 Å². The fourth-order valence-corrected chi connectivity index (χ4v) is 4.67. The lowest BCUT2D eigenvalue weighted by atomic mass is 10.0. The molecule has 0 rings (SSSR count). The van der Waals surface area contributed by atoms with Crippen molar-refractivity contribution in [2.75, 3.05) is 40.9 Å². The van der Waals surface area contributed by atoms with Crippen LogP contribution >= 0.6 is 7.82 Å². The summed E-state index contributed by atoms with van der Waals surface area (Å²) in [4.78, 5) is 22.7. The minimum Gasteiger partial charge on any atom is -0.391 e. The molecule has 0 heterocycles. The van der Waals surface area contributed by atoms with Crippen LogP contribution in [0.15, 0.2) is 60.8 Å². The maximum atomic E-state index is 12.6. The Balaban J connectivity index is 4.66. The van der Waals surface area contributed by atoms with Crippen molar-refractivity contribution in [1.29, 1.82) is 0 Å². The summed E-state index contributed by atoms with van der Waals surface area (Å²) in [7, 11) is 1.54. The van der Waals surface area contributed by atoms with Gasteiger partial charge in [-0.15, -0.1) is 0 Å². The van der Waals surface area contributed by atoms with Crippen LogP contribution in [0.3, 0.4) is 0 Å². The summed E-state index contributed by atoms with van der Waals surface area (Å²) < 4.78 is 23.2. The van der Waals surface area contributed by atoms with Crippen LogP contribution in [-0.2, 0) is 18.4 Å². The number of nitrogens with one attached hydrogen (secondary N) is 1. The first-order valence-electron chi connectivity index (χ1n) is 16.2.